The van der Waals surface area contributed by atoms with Crippen molar-refractivity contribution < 1.29 is 14.3 Å². The van der Waals surface area contributed by atoms with Gasteiger partial charge in [0, 0.05) is 0 Å². The second-order valence-electron chi connectivity index (χ2n) is 5.37. The minimum absolute atomic E-state index is 0.0524. The summed E-state index contributed by atoms with van der Waals surface area (Å²) in [5, 5.41) is 14.0. The number of nitrogens with one attached hydrogen (secondary N) is 1. The van der Waals surface area contributed by atoms with Crippen molar-refractivity contribution in [3.63, 3.8) is 0 Å². The van der Waals surface area contributed by atoms with Crippen molar-refractivity contribution in [1.29, 1.82) is 0 Å². The van der Waals surface area contributed by atoms with Gasteiger partial charge in [0.1, 0.15) is 6.26 Å². The lowest BCUT2D eigenvalue weighted by atomic mass is 10.0. The normalized spacial score (nSPS) is 12.6. The Morgan fingerprint density at radius 2 is 2.33 bits per heavy atom. The first kappa shape index (κ1) is 15.7. The number of aliphatic hydroxyl groups excluding tert-OH is 1. The third kappa shape index (κ3) is 4.68. The summed E-state index contributed by atoms with van der Waals surface area (Å²) in [7, 11) is 0. The Bertz CT molecular complexity index is 563. The summed E-state index contributed by atoms with van der Waals surface area (Å²) < 4.78 is 5.38. The zero-order chi connectivity index (χ0) is 15.2. The van der Waals surface area contributed by atoms with Crippen molar-refractivity contribution in [3.05, 3.63) is 29.5 Å². The number of rotatable bonds is 7. The Kier molecular flexibility index (Phi) is 5.52. The van der Waals surface area contributed by atoms with E-state index in [2.05, 4.69) is 24.1 Å². The van der Waals surface area contributed by atoms with Crippen molar-refractivity contribution >= 4 is 17.2 Å². The number of amides is 1. The largest absolute Gasteiger partial charge is 0.444 e. The van der Waals surface area contributed by atoms with Gasteiger partial charge in [-0.05, 0) is 23.8 Å². The Morgan fingerprint density at radius 3 is 2.95 bits per heavy atom. The lowest BCUT2D eigenvalue weighted by molar-refractivity contribution is -0.121. The lowest BCUT2D eigenvalue weighted by Gasteiger charge is -2.17. The van der Waals surface area contributed by atoms with Crippen LogP contribution in [0.4, 0.5) is 0 Å². The fraction of sp³-hybridized carbons (Fsp3) is 0.467. The molecule has 0 aliphatic heterocycles. The van der Waals surface area contributed by atoms with Crippen LogP contribution in [0.1, 0.15) is 26.0 Å². The molecule has 6 heteroatoms. The van der Waals surface area contributed by atoms with E-state index < -0.39 is 0 Å². The van der Waals surface area contributed by atoms with Gasteiger partial charge >= 0.3 is 0 Å². The first-order chi connectivity index (χ1) is 10.1. The number of hydrogen-bond donors (Lipinski definition) is 2. The first-order valence-corrected chi connectivity index (χ1v) is 7.85. The molecule has 0 fully saturated rings. The first-order valence-electron chi connectivity index (χ1n) is 6.97. The van der Waals surface area contributed by atoms with Crippen LogP contribution < -0.4 is 5.32 Å². The molecule has 114 valence electrons. The van der Waals surface area contributed by atoms with Gasteiger partial charge in [0.05, 0.1) is 29.6 Å². The molecular weight excluding hydrogens is 288 g/mol. The molecule has 0 aromatic carbocycles. The molecular formula is C15H20N2O3S. The van der Waals surface area contributed by atoms with Gasteiger partial charge in [-0.15, -0.1) is 11.3 Å². The van der Waals surface area contributed by atoms with E-state index in [-0.39, 0.29) is 25.0 Å². The van der Waals surface area contributed by atoms with E-state index in [1.807, 2.05) is 17.5 Å². The molecule has 2 aromatic rings. The lowest BCUT2D eigenvalue weighted by Crippen LogP contribution is -2.39. The molecule has 0 saturated carbocycles. The third-order valence-electron chi connectivity index (χ3n) is 2.97. The Balaban J connectivity index is 1.91. The van der Waals surface area contributed by atoms with Crippen LogP contribution in [0, 0.1) is 5.92 Å². The fourth-order valence-electron chi connectivity index (χ4n) is 2.09. The van der Waals surface area contributed by atoms with Crippen LogP contribution in [-0.4, -0.2) is 28.6 Å². The van der Waals surface area contributed by atoms with Crippen molar-refractivity contribution in [2.24, 2.45) is 5.92 Å². The highest BCUT2D eigenvalue weighted by atomic mass is 32.1. The molecule has 1 amide bonds. The van der Waals surface area contributed by atoms with Crippen molar-refractivity contribution in [1.82, 2.24) is 10.3 Å². The van der Waals surface area contributed by atoms with E-state index in [1.165, 1.54) is 17.6 Å². The smallest absolute Gasteiger partial charge is 0.236 e. The van der Waals surface area contributed by atoms with Gasteiger partial charge in [-0.1, -0.05) is 19.9 Å². The second kappa shape index (κ2) is 7.38. The van der Waals surface area contributed by atoms with Crippen LogP contribution in [0.2, 0.25) is 0 Å². The standard InChI is InChI=1S/C15H20N2O3S/c1-10(2)6-11(8-18)16-14(19)7-12-9-20-15(17-12)13-4-3-5-21-13/h3-5,9-11,18H,6-8H2,1-2H3,(H,16,19). The molecule has 1 unspecified atom stereocenters. The number of carbonyl (C=O) groups excluding carboxylic acids is 1. The van der Waals surface area contributed by atoms with Gasteiger partial charge < -0.3 is 14.8 Å². The molecule has 0 saturated heterocycles. The fourth-order valence-corrected chi connectivity index (χ4v) is 2.75. The zero-order valence-electron chi connectivity index (χ0n) is 12.2. The van der Waals surface area contributed by atoms with E-state index in [9.17, 15) is 9.90 Å². The average Bonchev–Trinajstić information content (AvgIpc) is 3.07. The quantitative estimate of drug-likeness (QED) is 0.824. The summed E-state index contributed by atoms with van der Waals surface area (Å²) in [4.78, 5) is 17.2. The molecule has 2 aromatic heterocycles. The number of oxazole rings is 1. The summed E-state index contributed by atoms with van der Waals surface area (Å²) in [5.74, 6) is 0.800. The van der Waals surface area contributed by atoms with Crippen LogP contribution in [-0.2, 0) is 11.2 Å². The van der Waals surface area contributed by atoms with Gasteiger partial charge in [-0.2, -0.15) is 0 Å². The number of aromatic nitrogens is 1. The summed E-state index contributed by atoms with van der Waals surface area (Å²) in [6, 6.07) is 3.64. The zero-order valence-corrected chi connectivity index (χ0v) is 13.0. The minimum Gasteiger partial charge on any atom is -0.444 e. The molecule has 5 nitrogen and oxygen atoms in total. The molecule has 2 heterocycles. The maximum atomic E-state index is 12.0. The van der Waals surface area contributed by atoms with Crippen LogP contribution in [0.25, 0.3) is 10.8 Å². The number of hydrogen-bond acceptors (Lipinski definition) is 5. The van der Waals surface area contributed by atoms with E-state index in [1.54, 1.807) is 0 Å². The van der Waals surface area contributed by atoms with Crippen LogP contribution in [0.3, 0.4) is 0 Å². The van der Waals surface area contributed by atoms with Crippen molar-refractivity contribution in [2.45, 2.75) is 32.7 Å². The van der Waals surface area contributed by atoms with Gasteiger partial charge in [0.2, 0.25) is 11.8 Å². The molecule has 2 rings (SSSR count). The molecule has 0 radical (unpaired) electrons. The number of aliphatic hydroxyl groups is 1. The van der Waals surface area contributed by atoms with Gasteiger partial charge in [-0.3, -0.25) is 4.79 Å². The topological polar surface area (TPSA) is 75.4 Å². The maximum Gasteiger partial charge on any atom is 0.236 e. The molecule has 21 heavy (non-hydrogen) atoms. The van der Waals surface area contributed by atoms with Crippen molar-refractivity contribution in [2.75, 3.05) is 6.61 Å². The molecule has 1 atom stereocenters. The molecule has 0 bridgehead atoms. The van der Waals surface area contributed by atoms with Crippen molar-refractivity contribution in [3.8, 4) is 10.8 Å². The Labute approximate surface area is 128 Å². The molecule has 0 spiro atoms. The van der Waals surface area contributed by atoms with Gasteiger partial charge in [0.15, 0.2) is 0 Å². The second-order valence-corrected chi connectivity index (χ2v) is 6.32. The van der Waals surface area contributed by atoms with E-state index in [4.69, 9.17) is 4.42 Å². The third-order valence-corrected chi connectivity index (χ3v) is 3.82. The number of carbonyl (C=O) groups is 1. The SMILES string of the molecule is CC(C)CC(CO)NC(=O)Cc1coc(-c2cccs2)n1. The summed E-state index contributed by atoms with van der Waals surface area (Å²) >= 11 is 1.54. The van der Waals surface area contributed by atoms with E-state index in [0.29, 0.717) is 17.5 Å². The molecule has 0 aliphatic carbocycles. The van der Waals surface area contributed by atoms with E-state index >= 15 is 0 Å². The maximum absolute atomic E-state index is 12.0. The Morgan fingerprint density at radius 1 is 1.52 bits per heavy atom. The minimum atomic E-state index is -0.207. The molecule has 0 aliphatic rings. The monoisotopic (exact) mass is 308 g/mol. The highest BCUT2D eigenvalue weighted by Gasteiger charge is 2.15. The predicted molar refractivity (Wildman–Crippen MR) is 82.0 cm³/mol. The van der Waals surface area contributed by atoms with Crippen LogP contribution >= 0.6 is 11.3 Å². The number of thiophene rings is 1. The molecule has 2 N–H and O–H groups in total. The highest BCUT2D eigenvalue weighted by Crippen LogP contribution is 2.23. The highest BCUT2D eigenvalue weighted by molar-refractivity contribution is 7.13. The Hall–Kier alpha value is -1.66. The van der Waals surface area contributed by atoms with E-state index in [0.717, 1.165) is 11.3 Å². The van der Waals surface area contributed by atoms with Crippen LogP contribution in [0.5, 0.6) is 0 Å². The summed E-state index contributed by atoms with van der Waals surface area (Å²) in [6.07, 6.45) is 2.41. The van der Waals surface area contributed by atoms with Crippen LogP contribution in [0.15, 0.2) is 28.2 Å². The number of nitrogens with zero attached hydrogens (tertiary/aromatic N) is 1. The predicted octanol–water partition coefficient (Wildman–Crippen LogP) is 2.47. The average molecular weight is 308 g/mol. The summed E-state index contributed by atoms with van der Waals surface area (Å²) in [6.45, 7) is 4.06. The van der Waals surface area contributed by atoms with Gasteiger partial charge in [0.25, 0.3) is 0 Å². The summed E-state index contributed by atoms with van der Waals surface area (Å²) in [5.41, 5.74) is 0.595. The van der Waals surface area contributed by atoms with Gasteiger partial charge in [-0.25, -0.2) is 4.98 Å².